The van der Waals surface area contributed by atoms with Gasteiger partial charge in [0.15, 0.2) is 0 Å². The van der Waals surface area contributed by atoms with Crippen LogP contribution in [0.3, 0.4) is 0 Å². The van der Waals surface area contributed by atoms with Crippen LogP contribution in [0.1, 0.15) is 23.6 Å². The molecule has 1 saturated heterocycles. The lowest BCUT2D eigenvalue weighted by Crippen LogP contribution is -2.35. The molecule has 3 rings (SSSR count). The summed E-state index contributed by atoms with van der Waals surface area (Å²) in [6, 6.07) is 6.63. The highest BCUT2D eigenvalue weighted by molar-refractivity contribution is 5.39. The molecule has 1 aliphatic heterocycles. The molecule has 0 amide bonds. The number of nitrogens with zero attached hydrogens (tertiary/aromatic N) is 4. The smallest absolute Gasteiger partial charge is 0.132 e. The molecular formula is C16H22N4O. The monoisotopic (exact) mass is 286 g/mol. The summed E-state index contributed by atoms with van der Waals surface area (Å²) in [7, 11) is 2.12. The second kappa shape index (κ2) is 5.85. The average molecular weight is 286 g/mol. The van der Waals surface area contributed by atoms with Gasteiger partial charge in [0.1, 0.15) is 23.7 Å². The summed E-state index contributed by atoms with van der Waals surface area (Å²) in [6.45, 7) is 7.01. The highest BCUT2D eigenvalue weighted by Gasteiger charge is 2.27. The summed E-state index contributed by atoms with van der Waals surface area (Å²) in [4.78, 5) is 13.2. The first kappa shape index (κ1) is 14.1. The van der Waals surface area contributed by atoms with Crippen molar-refractivity contribution < 1.29 is 4.42 Å². The Kier molecular flexibility index (Phi) is 3.92. The molecule has 0 aromatic carbocycles. The van der Waals surface area contributed by atoms with Crippen LogP contribution in [0.2, 0.25) is 0 Å². The quantitative estimate of drug-likeness (QED) is 0.863. The Labute approximate surface area is 125 Å². The van der Waals surface area contributed by atoms with Gasteiger partial charge in [0.2, 0.25) is 0 Å². The lowest BCUT2D eigenvalue weighted by Gasteiger charge is -2.25. The van der Waals surface area contributed by atoms with Crippen molar-refractivity contribution >= 4 is 5.82 Å². The van der Waals surface area contributed by atoms with E-state index >= 15 is 0 Å². The molecule has 5 heteroatoms. The van der Waals surface area contributed by atoms with Crippen molar-refractivity contribution in [2.75, 3.05) is 25.0 Å². The van der Waals surface area contributed by atoms with E-state index in [9.17, 15) is 0 Å². The fourth-order valence-electron chi connectivity index (χ4n) is 2.88. The van der Waals surface area contributed by atoms with Crippen molar-refractivity contribution in [3.05, 3.63) is 41.7 Å². The highest BCUT2D eigenvalue weighted by Crippen LogP contribution is 2.21. The SMILES string of the molecule is Cc1cc(N(C)C2CCN(Cc3ccc(C)o3)C2)ncn1. The standard InChI is InChI=1S/C16H22N4O/c1-12-8-16(18-11-17-12)19(3)14-6-7-20(9-14)10-15-5-4-13(2)21-15/h4-5,8,11,14H,6-7,9-10H2,1-3H3. The predicted octanol–water partition coefficient (Wildman–Crippen LogP) is 2.40. The molecule has 0 bridgehead atoms. The molecule has 2 aromatic heterocycles. The molecule has 1 atom stereocenters. The number of likely N-dealkylation sites (N-methyl/N-ethyl adjacent to an activating group) is 1. The van der Waals surface area contributed by atoms with Gasteiger partial charge in [-0.25, -0.2) is 9.97 Å². The van der Waals surface area contributed by atoms with E-state index in [0.29, 0.717) is 6.04 Å². The third-order valence-corrected chi connectivity index (χ3v) is 4.12. The van der Waals surface area contributed by atoms with Crippen molar-refractivity contribution in [2.45, 2.75) is 32.9 Å². The van der Waals surface area contributed by atoms with Gasteiger partial charge in [-0.1, -0.05) is 0 Å². The lowest BCUT2D eigenvalue weighted by atomic mass is 10.2. The predicted molar refractivity (Wildman–Crippen MR) is 82.3 cm³/mol. The molecule has 0 saturated carbocycles. The second-order valence-electron chi connectivity index (χ2n) is 5.82. The summed E-state index contributed by atoms with van der Waals surface area (Å²) in [5, 5.41) is 0. The van der Waals surface area contributed by atoms with Gasteiger partial charge in [-0.2, -0.15) is 0 Å². The molecule has 1 fully saturated rings. The molecule has 0 radical (unpaired) electrons. The first-order valence-electron chi connectivity index (χ1n) is 7.41. The van der Waals surface area contributed by atoms with Crippen LogP contribution in [-0.4, -0.2) is 41.0 Å². The first-order chi connectivity index (χ1) is 10.1. The maximum Gasteiger partial charge on any atom is 0.132 e. The van der Waals surface area contributed by atoms with Gasteiger partial charge in [0.05, 0.1) is 6.54 Å². The molecule has 1 aliphatic rings. The zero-order chi connectivity index (χ0) is 14.8. The first-order valence-corrected chi connectivity index (χ1v) is 7.41. The topological polar surface area (TPSA) is 45.4 Å². The molecule has 3 heterocycles. The minimum atomic E-state index is 0.496. The van der Waals surface area contributed by atoms with E-state index in [-0.39, 0.29) is 0 Å². The number of aryl methyl sites for hydroxylation is 2. The van der Waals surface area contributed by atoms with Gasteiger partial charge >= 0.3 is 0 Å². The van der Waals surface area contributed by atoms with Gasteiger partial charge < -0.3 is 9.32 Å². The Balaban J connectivity index is 1.61. The van der Waals surface area contributed by atoms with Crippen LogP contribution in [0.5, 0.6) is 0 Å². The van der Waals surface area contributed by atoms with Crippen LogP contribution in [-0.2, 0) is 6.54 Å². The fourth-order valence-corrected chi connectivity index (χ4v) is 2.88. The zero-order valence-corrected chi connectivity index (χ0v) is 12.9. The summed E-state index contributed by atoms with van der Waals surface area (Å²) in [5.74, 6) is 3.03. The van der Waals surface area contributed by atoms with E-state index in [1.165, 1.54) is 0 Å². The third kappa shape index (κ3) is 3.24. The number of anilines is 1. The molecule has 21 heavy (non-hydrogen) atoms. The van der Waals surface area contributed by atoms with Crippen molar-refractivity contribution in [3.8, 4) is 0 Å². The Morgan fingerprint density at radius 3 is 2.90 bits per heavy atom. The normalized spacial score (nSPS) is 19.1. The number of rotatable bonds is 4. The van der Waals surface area contributed by atoms with Crippen molar-refractivity contribution in [1.82, 2.24) is 14.9 Å². The van der Waals surface area contributed by atoms with E-state index in [2.05, 4.69) is 32.9 Å². The molecule has 0 aliphatic carbocycles. The number of aromatic nitrogens is 2. The number of furan rings is 1. The van der Waals surface area contributed by atoms with Gasteiger partial charge in [0.25, 0.3) is 0 Å². The van der Waals surface area contributed by atoms with Crippen molar-refractivity contribution in [3.63, 3.8) is 0 Å². The van der Waals surface area contributed by atoms with Gasteiger partial charge in [0, 0.05) is 37.9 Å². The average Bonchev–Trinajstić information content (AvgIpc) is 3.08. The summed E-state index contributed by atoms with van der Waals surface area (Å²) in [6.07, 6.45) is 2.79. The molecule has 112 valence electrons. The van der Waals surface area contributed by atoms with Crippen LogP contribution < -0.4 is 4.90 Å². The Morgan fingerprint density at radius 2 is 2.19 bits per heavy atom. The third-order valence-electron chi connectivity index (χ3n) is 4.12. The van der Waals surface area contributed by atoms with Gasteiger partial charge in [-0.05, 0) is 32.4 Å². The number of hydrogen-bond acceptors (Lipinski definition) is 5. The van der Waals surface area contributed by atoms with Gasteiger partial charge in [-0.15, -0.1) is 0 Å². The van der Waals surface area contributed by atoms with Crippen molar-refractivity contribution in [2.24, 2.45) is 0 Å². The van der Waals surface area contributed by atoms with Crippen LogP contribution in [0.15, 0.2) is 28.9 Å². The minimum Gasteiger partial charge on any atom is -0.465 e. The fraction of sp³-hybridized carbons (Fsp3) is 0.500. The Morgan fingerprint density at radius 1 is 1.33 bits per heavy atom. The molecule has 5 nitrogen and oxygen atoms in total. The zero-order valence-electron chi connectivity index (χ0n) is 12.9. The summed E-state index contributed by atoms with van der Waals surface area (Å²) in [5.41, 5.74) is 1.01. The highest BCUT2D eigenvalue weighted by atomic mass is 16.3. The van der Waals surface area contributed by atoms with E-state index < -0.39 is 0 Å². The van der Waals surface area contributed by atoms with E-state index in [1.54, 1.807) is 6.33 Å². The van der Waals surface area contributed by atoms with Crippen molar-refractivity contribution in [1.29, 1.82) is 0 Å². The summed E-state index contributed by atoms with van der Waals surface area (Å²) >= 11 is 0. The van der Waals surface area contributed by atoms with Crippen LogP contribution >= 0.6 is 0 Å². The van der Waals surface area contributed by atoms with Gasteiger partial charge in [-0.3, -0.25) is 4.90 Å². The van der Waals surface area contributed by atoms with E-state index in [1.807, 2.05) is 26.0 Å². The van der Waals surface area contributed by atoms with Crippen LogP contribution in [0.4, 0.5) is 5.82 Å². The lowest BCUT2D eigenvalue weighted by molar-refractivity contribution is 0.291. The second-order valence-corrected chi connectivity index (χ2v) is 5.82. The molecule has 0 spiro atoms. The maximum absolute atomic E-state index is 5.67. The largest absolute Gasteiger partial charge is 0.465 e. The molecule has 0 N–H and O–H groups in total. The summed E-state index contributed by atoms with van der Waals surface area (Å²) < 4.78 is 5.67. The van der Waals surface area contributed by atoms with Crippen LogP contribution in [0, 0.1) is 13.8 Å². The maximum atomic E-state index is 5.67. The Hall–Kier alpha value is -1.88. The molecule has 1 unspecified atom stereocenters. The van der Waals surface area contributed by atoms with Crippen LogP contribution in [0.25, 0.3) is 0 Å². The van der Waals surface area contributed by atoms with E-state index in [4.69, 9.17) is 4.42 Å². The molecule has 2 aromatic rings. The Bertz CT molecular complexity index is 610. The number of hydrogen-bond donors (Lipinski definition) is 0. The minimum absolute atomic E-state index is 0.496. The molecular weight excluding hydrogens is 264 g/mol. The number of likely N-dealkylation sites (tertiary alicyclic amines) is 1. The van der Waals surface area contributed by atoms with E-state index in [0.717, 1.165) is 49.1 Å².